The van der Waals surface area contributed by atoms with Crippen LogP contribution < -0.4 is 10.6 Å². The van der Waals surface area contributed by atoms with Crippen molar-refractivity contribution in [3.05, 3.63) is 34.1 Å². The molecule has 1 unspecified atom stereocenters. The van der Waals surface area contributed by atoms with E-state index in [0.29, 0.717) is 24.2 Å². The molecule has 1 aromatic rings. The van der Waals surface area contributed by atoms with Crippen LogP contribution in [0.3, 0.4) is 0 Å². The van der Waals surface area contributed by atoms with Crippen molar-refractivity contribution >= 4 is 21.8 Å². The molecule has 0 aliphatic carbocycles. The Balaban J connectivity index is 1.95. The molecule has 0 bridgehead atoms. The zero-order chi connectivity index (χ0) is 13.0. The lowest BCUT2D eigenvalue weighted by Crippen LogP contribution is -2.45. The third kappa shape index (κ3) is 3.28. The van der Waals surface area contributed by atoms with Gasteiger partial charge in [0.2, 0.25) is 0 Å². The average Bonchev–Trinajstić information content (AvgIpc) is 2.37. The second kappa shape index (κ2) is 6.26. The van der Waals surface area contributed by atoms with E-state index in [1.165, 1.54) is 6.07 Å². The number of hydrogen-bond donors (Lipinski definition) is 2. The van der Waals surface area contributed by atoms with Gasteiger partial charge in [0.1, 0.15) is 5.82 Å². The molecule has 1 aliphatic rings. The number of morpholine rings is 1. The minimum Gasteiger partial charge on any atom is -0.374 e. The summed E-state index contributed by atoms with van der Waals surface area (Å²) in [5.74, 6) is -0.973. The average molecular weight is 317 g/mol. The lowest BCUT2D eigenvalue weighted by molar-refractivity contribution is 0.0286. The van der Waals surface area contributed by atoms with E-state index in [9.17, 15) is 9.18 Å². The van der Waals surface area contributed by atoms with Crippen molar-refractivity contribution in [1.82, 2.24) is 10.6 Å². The number of carbonyl (C=O) groups excluding carboxylic acids is 1. The quantitative estimate of drug-likeness (QED) is 0.884. The SMILES string of the molecule is O=C(NCC1CNCCO1)c1c(F)cccc1Br. The summed E-state index contributed by atoms with van der Waals surface area (Å²) in [6.45, 7) is 2.51. The number of ether oxygens (including phenoxy) is 1. The van der Waals surface area contributed by atoms with Crippen LogP contribution in [0.25, 0.3) is 0 Å². The molecule has 1 fully saturated rings. The molecule has 1 atom stereocenters. The molecule has 98 valence electrons. The Morgan fingerprint density at radius 1 is 1.61 bits per heavy atom. The number of hydrogen-bond acceptors (Lipinski definition) is 3. The summed E-state index contributed by atoms with van der Waals surface area (Å²) >= 11 is 3.17. The van der Waals surface area contributed by atoms with Gasteiger partial charge in [-0.1, -0.05) is 6.07 Å². The van der Waals surface area contributed by atoms with Crippen LogP contribution in [0.15, 0.2) is 22.7 Å². The molecular formula is C12H14BrFN2O2. The minimum absolute atomic E-state index is 0.0290. The molecule has 18 heavy (non-hydrogen) atoms. The maximum atomic E-state index is 13.5. The van der Waals surface area contributed by atoms with Crippen LogP contribution in [0, 0.1) is 5.82 Å². The summed E-state index contributed by atoms with van der Waals surface area (Å²) in [5, 5.41) is 5.84. The van der Waals surface area contributed by atoms with Gasteiger partial charge in [-0.25, -0.2) is 4.39 Å². The highest BCUT2D eigenvalue weighted by Gasteiger charge is 2.18. The molecule has 0 aromatic heterocycles. The lowest BCUT2D eigenvalue weighted by atomic mass is 10.2. The highest BCUT2D eigenvalue weighted by molar-refractivity contribution is 9.10. The third-order valence-corrected chi connectivity index (χ3v) is 3.35. The van der Waals surface area contributed by atoms with Gasteiger partial charge in [0, 0.05) is 24.1 Å². The molecule has 1 amide bonds. The van der Waals surface area contributed by atoms with E-state index >= 15 is 0 Å². The fraction of sp³-hybridized carbons (Fsp3) is 0.417. The summed E-state index contributed by atoms with van der Waals surface area (Å²) in [7, 11) is 0. The van der Waals surface area contributed by atoms with Gasteiger partial charge in [-0.05, 0) is 28.1 Å². The monoisotopic (exact) mass is 316 g/mol. The van der Waals surface area contributed by atoms with Crippen molar-refractivity contribution < 1.29 is 13.9 Å². The molecule has 0 saturated carbocycles. The van der Waals surface area contributed by atoms with Gasteiger partial charge in [0.15, 0.2) is 0 Å². The Morgan fingerprint density at radius 2 is 2.44 bits per heavy atom. The van der Waals surface area contributed by atoms with E-state index in [4.69, 9.17) is 4.74 Å². The molecule has 1 aliphatic heterocycles. The van der Waals surface area contributed by atoms with Crippen molar-refractivity contribution in [3.63, 3.8) is 0 Å². The first kappa shape index (κ1) is 13.5. The summed E-state index contributed by atoms with van der Waals surface area (Å²) in [6.07, 6.45) is -0.0618. The minimum atomic E-state index is -0.537. The first-order valence-corrected chi connectivity index (χ1v) is 6.52. The third-order valence-electron chi connectivity index (χ3n) is 2.68. The maximum absolute atomic E-state index is 13.5. The van der Waals surface area contributed by atoms with Crippen molar-refractivity contribution in [2.45, 2.75) is 6.10 Å². The van der Waals surface area contributed by atoms with Crippen LogP contribution in [0.1, 0.15) is 10.4 Å². The van der Waals surface area contributed by atoms with E-state index in [0.717, 1.165) is 6.54 Å². The normalized spacial score (nSPS) is 19.6. The highest BCUT2D eigenvalue weighted by Crippen LogP contribution is 2.19. The molecule has 6 heteroatoms. The topological polar surface area (TPSA) is 50.4 Å². The fourth-order valence-corrected chi connectivity index (χ4v) is 2.28. The standard InChI is InChI=1S/C12H14BrFN2O2/c13-9-2-1-3-10(14)11(9)12(17)16-7-8-6-15-4-5-18-8/h1-3,8,15H,4-7H2,(H,16,17). The predicted octanol–water partition coefficient (Wildman–Crippen LogP) is 1.31. The van der Waals surface area contributed by atoms with Gasteiger partial charge in [0.05, 0.1) is 18.3 Å². The van der Waals surface area contributed by atoms with Gasteiger partial charge in [-0.3, -0.25) is 4.79 Å². The largest absolute Gasteiger partial charge is 0.374 e. The zero-order valence-electron chi connectivity index (χ0n) is 9.71. The van der Waals surface area contributed by atoms with Gasteiger partial charge < -0.3 is 15.4 Å². The Morgan fingerprint density at radius 3 is 3.11 bits per heavy atom. The number of amides is 1. The Labute approximate surface area is 113 Å². The molecule has 1 heterocycles. The maximum Gasteiger partial charge on any atom is 0.255 e. The van der Waals surface area contributed by atoms with Gasteiger partial charge in [0.25, 0.3) is 5.91 Å². The number of rotatable bonds is 3. The highest BCUT2D eigenvalue weighted by atomic mass is 79.9. The van der Waals surface area contributed by atoms with Crippen LogP contribution in [0.5, 0.6) is 0 Å². The van der Waals surface area contributed by atoms with Gasteiger partial charge >= 0.3 is 0 Å². The first-order valence-electron chi connectivity index (χ1n) is 5.73. The second-order valence-electron chi connectivity index (χ2n) is 4.00. The summed E-state index contributed by atoms with van der Waals surface area (Å²) in [5.41, 5.74) is 0.0290. The summed E-state index contributed by atoms with van der Waals surface area (Å²) in [4.78, 5) is 11.9. The molecule has 1 saturated heterocycles. The van der Waals surface area contributed by atoms with Gasteiger partial charge in [-0.2, -0.15) is 0 Å². The Kier molecular flexibility index (Phi) is 4.68. The molecule has 2 rings (SSSR count). The fourth-order valence-electron chi connectivity index (χ4n) is 1.76. The van der Waals surface area contributed by atoms with Crippen LogP contribution in [0.2, 0.25) is 0 Å². The zero-order valence-corrected chi connectivity index (χ0v) is 11.3. The van der Waals surface area contributed by atoms with E-state index < -0.39 is 11.7 Å². The second-order valence-corrected chi connectivity index (χ2v) is 4.86. The van der Waals surface area contributed by atoms with Crippen molar-refractivity contribution in [1.29, 1.82) is 0 Å². The first-order chi connectivity index (χ1) is 8.68. The lowest BCUT2D eigenvalue weighted by Gasteiger charge is -2.23. The van der Waals surface area contributed by atoms with Crippen molar-refractivity contribution in [3.8, 4) is 0 Å². The van der Waals surface area contributed by atoms with E-state index in [2.05, 4.69) is 26.6 Å². The van der Waals surface area contributed by atoms with E-state index in [1.807, 2.05) is 0 Å². The molecule has 2 N–H and O–H groups in total. The van der Waals surface area contributed by atoms with Crippen molar-refractivity contribution in [2.24, 2.45) is 0 Å². The van der Waals surface area contributed by atoms with Crippen LogP contribution in [-0.4, -0.2) is 38.3 Å². The molecule has 4 nitrogen and oxygen atoms in total. The van der Waals surface area contributed by atoms with E-state index in [1.54, 1.807) is 12.1 Å². The van der Waals surface area contributed by atoms with E-state index in [-0.39, 0.29) is 11.7 Å². The molecule has 0 radical (unpaired) electrons. The number of halogens is 2. The summed E-state index contributed by atoms with van der Waals surface area (Å²) in [6, 6.07) is 4.44. The molecular weight excluding hydrogens is 303 g/mol. The van der Waals surface area contributed by atoms with Crippen LogP contribution >= 0.6 is 15.9 Å². The van der Waals surface area contributed by atoms with Gasteiger partial charge in [-0.15, -0.1) is 0 Å². The smallest absolute Gasteiger partial charge is 0.255 e. The van der Waals surface area contributed by atoms with Crippen LogP contribution in [-0.2, 0) is 4.74 Å². The van der Waals surface area contributed by atoms with Crippen LogP contribution in [0.4, 0.5) is 4.39 Å². The molecule has 1 aromatic carbocycles. The summed E-state index contributed by atoms with van der Waals surface area (Å²) < 4.78 is 19.4. The number of nitrogens with one attached hydrogen (secondary N) is 2. The molecule has 0 spiro atoms. The Bertz CT molecular complexity index is 416. The number of carbonyl (C=O) groups is 1. The number of benzene rings is 1. The Hall–Kier alpha value is -0.980. The predicted molar refractivity (Wildman–Crippen MR) is 69.0 cm³/mol. The van der Waals surface area contributed by atoms with Crippen molar-refractivity contribution in [2.75, 3.05) is 26.2 Å².